The van der Waals surface area contributed by atoms with Gasteiger partial charge >= 0.3 is 0 Å². The number of anilines is 1. The molecule has 0 spiro atoms. The summed E-state index contributed by atoms with van der Waals surface area (Å²) in [6.07, 6.45) is 7.43. The van der Waals surface area contributed by atoms with Crippen molar-refractivity contribution in [2.24, 2.45) is 23.2 Å². The van der Waals surface area contributed by atoms with Crippen molar-refractivity contribution >= 4 is 29.1 Å². The molecule has 5 rings (SSSR count). The smallest absolute Gasteiger partial charge is 0.226 e. The molecule has 0 saturated heterocycles. The van der Waals surface area contributed by atoms with Crippen molar-refractivity contribution in [3.8, 4) is 0 Å². The van der Waals surface area contributed by atoms with E-state index in [-0.39, 0.29) is 23.7 Å². The van der Waals surface area contributed by atoms with Crippen LogP contribution in [0.2, 0.25) is 5.02 Å². The quantitative estimate of drug-likeness (QED) is 0.806. The summed E-state index contributed by atoms with van der Waals surface area (Å²) in [5.41, 5.74) is 1.45. The van der Waals surface area contributed by atoms with E-state index in [0.29, 0.717) is 11.6 Å². The third kappa shape index (κ3) is 3.36. The molecule has 4 bridgehead atoms. The Morgan fingerprint density at radius 1 is 1.12 bits per heavy atom. The van der Waals surface area contributed by atoms with Crippen LogP contribution in [0.3, 0.4) is 0 Å². The van der Waals surface area contributed by atoms with Gasteiger partial charge in [-0.3, -0.25) is 9.59 Å². The van der Waals surface area contributed by atoms with Crippen LogP contribution in [0, 0.1) is 30.1 Å². The molecule has 4 fully saturated rings. The van der Waals surface area contributed by atoms with Gasteiger partial charge in [-0.05, 0) is 80.9 Å². The Labute approximate surface area is 160 Å². The molecule has 0 unspecified atom stereocenters. The van der Waals surface area contributed by atoms with Crippen LogP contribution < -0.4 is 10.6 Å². The summed E-state index contributed by atoms with van der Waals surface area (Å²) in [6.45, 7) is 2.28. The Balaban J connectivity index is 1.29. The number of hydrogen-bond acceptors (Lipinski definition) is 2. The zero-order chi connectivity index (χ0) is 18.3. The number of carbonyl (C=O) groups is 2. The highest BCUT2D eigenvalue weighted by Crippen LogP contribution is 2.60. The van der Waals surface area contributed by atoms with Crippen molar-refractivity contribution in [1.82, 2.24) is 5.32 Å². The molecule has 0 heterocycles. The van der Waals surface area contributed by atoms with E-state index in [1.807, 2.05) is 19.1 Å². The Hall–Kier alpha value is -1.55. The molecule has 0 aromatic heterocycles. The summed E-state index contributed by atoms with van der Waals surface area (Å²) in [7, 11) is 0. The van der Waals surface area contributed by atoms with E-state index in [4.69, 9.17) is 11.6 Å². The first kappa shape index (κ1) is 17.8. The molecule has 5 heteroatoms. The number of carbonyl (C=O) groups excluding carboxylic acids is 2. The summed E-state index contributed by atoms with van der Waals surface area (Å²) in [6, 6.07) is 5.46. The largest absolute Gasteiger partial charge is 0.355 e. The Kier molecular flexibility index (Phi) is 4.72. The van der Waals surface area contributed by atoms with Gasteiger partial charge in [-0.25, -0.2) is 0 Å². The summed E-state index contributed by atoms with van der Waals surface area (Å²) in [5, 5.41) is 6.58. The van der Waals surface area contributed by atoms with Crippen molar-refractivity contribution in [1.29, 1.82) is 0 Å². The molecule has 0 radical (unpaired) electrons. The maximum atomic E-state index is 12.9. The molecule has 0 aliphatic heterocycles. The monoisotopic (exact) mass is 374 g/mol. The van der Waals surface area contributed by atoms with Gasteiger partial charge in [0.15, 0.2) is 0 Å². The van der Waals surface area contributed by atoms with Gasteiger partial charge < -0.3 is 10.6 Å². The zero-order valence-corrected chi connectivity index (χ0v) is 16.1. The fraction of sp³-hybridized carbons (Fsp3) is 0.619. The lowest BCUT2D eigenvalue weighted by atomic mass is 9.49. The molecule has 1 aromatic carbocycles. The predicted molar refractivity (Wildman–Crippen MR) is 103 cm³/mol. The van der Waals surface area contributed by atoms with Crippen molar-refractivity contribution < 1.29 is 9.59 Å². The van der Waals surface area contributed by atoms with Crippen LogP contribution in [0.15, 0.2) is 18.2 Å². The molecule has 4 saturated carbocycles. The van der Waals surface area contributed by atoms with Gasteiger partial charge in [0.05, 0.1) is 0 Å². The van der Waals surface area contributed by atoms with Crippen LogP contribution in [0.4, 0.5) is 5.69 Å². The number of benzene rings is 1. The summed E-state index contributed by atoms with van der Waals surface area (Å²) >= 11 is 6.08. The fourth-order valence-corrected chi connectivity index (χ4v) is 6.00. The number of nitrogens with one attached hydrogen (secondary N) is 2. The van der Waals surface area contributed by atoms with E-state index >= 15 is 0 Å². The third-order valence-electron chi connectivity index (χ3n) is 6.70. The van der Waals surface area contributed by atoms with E-state index < -0.39 is 0 Å². The first-order chi connectivity index (χ1) is 12.4. The van der Waals surface area contributed by atoms with E-state index in [2.05, 4.69) is 10.6 Å². The van der Waals surface area contributed by atoms with E-state index in [0.717, 1.165) is 48.3 Å². The molecule has 26 heavy (non-hydrogen) atoms. The first-order valence-electron chi connectivity index (χ1n) is 9.78. The second-order valence-corrected chi connectivity index (χ2v) is 9.07. The average molecular weight is 375 g/mol. The van der Waals surface area contributed by atoms with Gasteiger partial charge in [0.2, 0.25) is 11.8 Å². The lowest BCUT2D eigenvalue weighted by Gasteiger charge is -2.55. The molecule has 4 nitrogen and oxygen atoms in total. The standard InChI is InChI=1S/C21H27ClN2O2/c1-13-17(22)3-2-4-18(13)24-19(25)5-6-23-20(26)21-10-14-7-15(11-21)9-16(8-14)12-21/h2-4,14-16H,5-12H2,1H3,(H,23,26)(H,24,25). The minimum Gasteiger partial charge on any atom is -0.355 e. The van der Waals surface area contributed by atoms with Gasteiger partial charge in [-0.15, -0.1) is 0 Å². The maximum absolute atomic E-state index is 12.9. The molecular weight excluding hydrogens is 348 g/mol. The molecule has 2 N–H and O–H groups in total. The van der Waals surface area contributed by atoms with Gasteiger partial charge in [-0.1, -0.05) is 17.7 Å². The summed E-state index contributed by atoms with van der Waals surface area (Å²) < 4.78 is 0. The van der Waals surface area contributed by atoms with Crippen molar-refractivity contribution in [3.63, 3.8) is 0 Å². The van der Waals surface area contributed by atoms with Crippen LogP contribution >= 0.6 is 11.6 Å². The molecule has 140 valence electrons. The minimum absolute atomic E-state index is 0.0961. The average Bonchev–Trinajstić information content (AvgIpc) is 2.57. The Morgan fingerprint density at radius 3 is 2.35 bits per heavy atom. The Bertz CT molecular complexity index is 695. The normalized spacial score (nSPS) is 31.7. The first-order valence-corrected chi connectivity index (χ1v) is 10.2. The summed E-state index contributed by atoms with van der Waals surface area (Å²) in [5.74, 6) is 2.34. The molecule has 1 aromatic rings. The van der Waals surface area contributed by atoms with E-state index in [1.54, 1.807) is 6.07 Å². The number of hydrogen-bond donors (Lipinski definition) is 2. The Morgan fingerprint density at radius 2 is 1.73 bits per heavy atom. The van der Waals surface area contributed by atoms with Crippen molar-refractivity contribution in [2.75, 3.05) is 11.9 Å². The summed E-state index contributed by atoms with van der Waals surface area (Å²) in [4.78, 5) is 25.1. The highest BCUT2D eigenvalue weighted by Gasteiger charge is 2.54. The molecular formula is C21H27ClN2O2. The minimum atomic E-state index is -0.144. The fourth-order valence-electron chi connectivity index (χ4n) is 5.82. The van der Waals surface area contributed by atoms with E-state index in [9.17, 15) is 9.59 Å². The molecule has 4 aliphatic rings. The van der Waals surface area contributed by atoms with Crippen molar-refractivity contribution in [3.05, 3.63) is 28.8 Å². The van der Waals surface area contributed by atoms with Gasteiger partial charge in [0.1, 0.15) is 0 Å². The van der Waals surface area contributed by atoms with Crippen LogP contribution in [0.5, 0.6) is 0 Å². The highest BCUT2D eigenvalue weighted by molar-refractivity contribution is 6.31. The molecule has 0 atom stereocenters. The van der Waals surface area contributed by atoms with E-state index in [1.165, 1.54) is 19.3 Å². The predicted octanol–water partition coefficient (Wildman–Crippen LogP) is 4.31. The van der Waals surface area contributed by atoms with Gasteiger partial charge in [0.25, 0.3) is 0 Å². The number of amides is 2. The second-order valence-electron chi connectivity index (χ2n) is 8.66. The second kappa shape index (κ2) is 6.88. The SMILES string of the molecule is Cc1c(Cl)cccc1NC(=O)CCNC(=O)C12CC3CC(CC(C3)C1)C2. The number of halogens is 1. The zero-order valence-electron chi connectivity index (χ0n) is 15.3. The lowest BCUT2D eigenvalue weighted by Crippen LogP contribution is -2.53. The number of rotatable bonds is 5. The maximum Gasteiger partial charge on any atom is 0.226 e. The third-order valence-corrected chi connectivity index (χ3v) is 7.11. The van der Waals surface area contributed by atoms with Crippen LogP contribution in [0.25, 0.3) is 0 Å². The topological polar surface area (TPSA) is 58.2 Å². The van der Waals surface area contributed by atoms with Crippen LogP contribution in [0.1, 0.15) is 50.5 Å². The lowest BCUT2D eigenvalue weighted by molar-refractivity contribution is -0.146. The molecule has 4 aliphatic carbocycles. The highest BCUT2D eigenvalue weighted by atomic mass is 35.5. The van der Waals surface area contributed by atoms with Crippen LogP contribution in [-0.2, 0) is 9.59 Å². The van der Waals surface area contributed by atoms with Gasteiger partial charge in [0, 0.05) is 29.1 Å². The van der Waals surface area contributed by atoms with Crippen molar-refractivity contribution in [2.45, 2.75) is 51.9 Å². The van der Waals surface area contributed by atoms with Crippen LogP contribution in [-0.4, -0.2) is 18.4 Å². The van der Waals surface area contributed by atoms with Gasteiger partial charge in [-0.2, -0.15) is 0 Å². The molecule has 2 amide bonds.